The van der Waals surface area contributed by atoms with Gasteiger partial charge >= 0.3 is 5.97 Å². The molecule has 0 bridgehead atoms. The molecule has 1 aliphatic heterocycles. The normalized spacial score (nSPS) is 19.6. The minimum Gasteiger partial charge on any atom is -0.482 e. The van der Waals surface area contributed by atoms with Crippen molar-refractivity contribution in [2.24, 2.45) is 21.5 Å². The first-order chi connectivity index (χ1) is 11.5. The van der Waals surface area contributed by atoms with Gasteiger partial charge in [-0.2, -0.15) is 4.99 Å². The van der Waals surface area contributed by atoms with Crippen LogP contribution in [-0.4, -0.2) is 35.3 Å². The molecule has 0 amide bonds. The molecule has 1 aliphatic carbocycles. The fourth-order valence-corrected chi connectivity index (χ4v) is 3.35. The highest BCUT2D eigenvalue weighted by Gasteiger charge is 2.42. The van der Waals surface area contributed by atoms with Crippen molar-refractivity contribution in [3.63, 3.8) is 0 Å². The minimum absolute atomic E-state index is 0.198. The highest BCUT2D eigenvalue weighted by atomic mass is 16.5. The van der Waals surface area contributed by atoms with Crippen molar-refractivity contribution >= 4 is 23.6 Å². The van der Waals surface area contributed by atoms with E-state index in [9.17, 15) is 4.79 Å². The largest absolute Gasteiger partial charge is 0.482 e. The van der Waals surface area contributed by atoms with Gasteiger partial charge in [0.25, 0.3) is 0 Å². The average Bonchev–Trinajstić information content (AvgIpc) is 2.53. The van der Waals surface area contributed by atoms with E-state index in [1.807, 2.05) is 11.0 Å². The topological polar surface area (TPSA) is 127 Å². The Bertz CT molecular complexity index is 695. The SMILES string of the molecule is NC1=NC2(CCCCC2)N(c2cccc(OCC(=O)O)c2)C(N)=N1. The second-order valence-corrected chi connectivity index (χ2v) is 6.00. The van der Waals surface area contributed by atoms with Crippen molar-refractivity contribution in [2.75, 3.05) is 11.5 Å². The van der Waals surface area contributed by atoms with Gasteiger partial charge in [-0.05, 0) is 37.8 Å². The molecule has 0 radical (unpaired) electrons. The molecule has 0 atom stereocenters. The molecule has 1 saturated carbocycles. The lowest BCUT2D eigenvalue weighted by atomic mass is 9.87. The van der Waals surface area contributed by atoms with Gasteiger partial charge in [-0.25, -0.2) is 9.79 Å². The summed E-state index contributed by atoms with van der Waals surface area (Å²) in [6.45, 7) is -0.400. The van der Waals surface area contributed by atoms with Crippen molar-refractivity contribution < 1.29 is 14.6 Å². The van der Waals surface area contributed by atoms with Gasteiger partial charge in [0.05, 0.1) is 0 Å². The maximum atomic E-state index is 10.7. The number of carboxylic acids is 1. The van der Waals surface area contributed by atoms with E-state index >= 15 is 0 Å². The Hall–Kier alpha value is -2.77. The zero-order chi connectivity index (χ0) is 17.2. The summed E-state index contributed by atoms with van der Waals surface area (Å²) in [7, 11) is 0. The van der Waals surface area contributed by atoms with Gasteiger partial charge in [0, 0.05) is 11.8 Å². The molecule has 1 fully saturated rings. The summed E-state index contributed by atoms with van der Waals surface area (Å²) in [6, 6.07) is 7.12. The molecule has 8 heteroatoms. The molecule has 2 aliphatic rings. The van der Waals surface area contributed by atoms with Gasteiger partial charge in [-0.1, -0.05) is 12.5 Å². The zero-order valence-electron chi connectivity index (χ0n) is 13.3. The minimum atomic E-state index is -1.03. The van der Waals surface area contributed by atoms with Crippen molar-refractivity contribution in [1.29, 1.82) is 0 Å². The highest BCUT2D eigenvalue weighted by Crippen LogP contribution is 2.40. The van der Waals surface area contributed by atoms with Crippen molar-refractivity contribution in [1.82, 2.24) is 0 Å². The van der Waals surface area contributed by atoms with Crippen LogP contribution < -0.4 is 21.1 Å². The first-order valence-electron chi connectivity index (χ1n) is 7.95. The number of nitrogens with two attached hydrogens (primary N) is 2. The molecule has 0 saturated heterocycles. The number of aliphatic carboxylic acids is 1. The maximum Gasteiger partial charge on any atom is 0.341 e. The molecule has 3 rings (SSSR count). The van der Waals surface area contributed by atoms with E-state index in [0.717, 1.165) is 37.8 Å². The van der Waals surface area contributed by atoms with Gasteiger partial charge < -0.3 is 21.3 Å². The average molecular weight is 331 g/mol. The first kappa shape index (κ1) is 16.1. The molecule has 0 unspecified atom stereocenters. The molecule has 1 aromatic rings. The van der Waals surface area contributed by atoms with Gasteiger partial charge in [0.1, 0.15) is 11.4 Å². The van der Waals surface area contributed by atoms with Gasteiger partial charge in [-0.3, -0.25) is 4.90 Å². The monoisotopic (exact) mass is 331 g/mol. The lowest BCUT2D eigenvalue weighted by Gasteiger charge is -2.45. The number of aliphatic imine (C=N–C) groups is 2. The predicted octanol–water partition coefficient (Wildman–Crippen LogP) is 1.26. The number of anilines is 1. The van der Waals surface area contributed by atoms with Gasteiger partial charge in [0.2, 0.25) is 11.9 Å². The number of carboxylic acid groups (broad SMARTS) is 1. The number of guanidine groups is 2. The van der Waals surface area contributed by atoms with E-state index in [4.69, 9.17) is 21.3 Å². The summed E-state index contributed by atoms with van der Waals surface area (Å²) in [5.41, 5.74) is 12.2. The van der Waals surface area contributed by atoms with Crippen LogP contribution in [0.4, 0.5) is 5.69 Å². The number of hydrogen-bond donors (Lipinski definition) is 3. The van der Waals surface area contributed by atoms with Crippen molar-refractivity contribution in [2.45, 2.75) is 37.8 Å². The Balaban J connectivity index is 1.95. The summed E-state index contributed by atoms with van der Waals surface area (Å²) in [4.78, 5) is 21.3. The van der Waals surface area contributed by atoms with Crippen LogP contribution in [0.1, 0.15) is 32.1 Å². The van der Waals surface area contributed by atoms with Gasteiger partial charge in [-0.15, -0.1) is 0 Å². The van der Waals surface area contributed by atoms with Crippen LogP contribution in [0.25, 0.3) is 0 Å². The van der Waals surface area contributed by atoms with E-state index in [-0.39, 0.29) is 5.96 Å². The highest BCUT2D eigenvalue weighted by molar-refractivity contribution is 6.05. The zero-order valence-corrected chi connectivity index (χ0v) is 13.3. The molecule has 1 aromatic carbocycles. The number of carbonyl (C=O) groups is 1. The third-order valence-corrected chi connectivity index (χ3v) is 4.29. The van der Waals surface area contributed by atoms with Crippen LogP contribution in [0.2, 0.25) is 0 Å². The molecule has 1 spiro atoms. The Labute approximate surface area is 139 Å². The van der Waals surface area contributed by atoms with Crippen LogP contribution in [0.3, 0.4) is 0 Å². The van der Waals surface area contributed by atoms with Crippen LogP contribution in [0.15, 0.2) is 34.3 Å². The quantitative estimate of drug-likeness (QED) is 0.762. The van der Waals surface area contributed by atoms with Crippen LogP contribution in [0, 0.1) is 0 Å². The molecule has 24 heavy (non-hydrogen) atoms. The lowest BCUT2D eigenvalue weighted by Crippen LogP contribution is -2.58. The molecule has 8 nitrogen and oxygen atoms in total. The predicted molar refractivity (Wildman–Crippen MR) is 91.1 cm³/mol. The Morgan fingerprint density at radius 1 is 1.29 bits per heavy atom. The number of ether oxygens (including phenoxy) is 1. The third-order valence-electron chi connectivity index (χ3n) is 4.29. The molecular formula is C16H21N5O3. The summed E-state index contributed by atoms with van der Waals surface area (Å²) in [6.07, 6.45) is 4.91. The smallest absolute Gasteiger partial charge is 0.341 e. The number of benzene rings is 1. The fraction of sp³-hybridized carbons (Fsp3) is 0.438. The standard InChI is InChI=1S/C16H21N5O3/c17-14-19-15(18)21(16(20-14)7-2-1-3-8-16)11-5-4-6-12(9-11)24-10-13(22)23/h4-6,9H,1-3,7-8,10H2,(H,22,23)(H4,17,18,19,20). The Morgan fingerprint density at radius 2 is 2.04 bits per heavy atom. The summed E-state index contributed by atoms with van der Waals surface area (Å²) in [5.74, 6) is -0.0829. The summed E-state index contributed by atoms with van der Waals surface area (Å²) < 4.78 is 5.26. The van der Waals surface area contributed by atoms with E-state index in [1.165, 1.54) is 0 Å². The molecule has 128 valence electrons. The van der Waals surface area contributed by atoms with E-state index < -0.39 is 18.2 Å². The Kier molecular flexibility index (Phi) is 4.28. The number of rotatable bonds is 4. The Morgan fingerprint density at radius 3 is 2.75 bits per heavy atom. The molecular weight excluding hydrogens is 310 g/mol. The second kappa shape index (κ2) is 6.38. The summed E-state index contributed by atoms with van der Waals surface area (Å²) >= 11 is 0. The summed E-state index contributed by atoms with van der Waals surface area (Å²) in [5, 5.41) is 8.76. The maximum absolute atomic E-state index is 10.7. The van der Waals surface area contributed by atoms with Crippen LogP contribution in [0.5, 0.6) is 5.75 Å². The number of hydrogen-bond acceptors (Lipinski definition) is 7. The van der Waals surface area contributed by atoms with E-state index in [0.29, 0.717) is 11.7 Å². The van der Waals surface area contributed by atoms with Crippen LogP contribution in [-0.2, 0) is 4.79 Å². The van der Waals surface area contributed by atoms with Gasteiger partial charge in [0.15, 0.2) is 6.61 Å². The fourth-order valence-electron chi connectivity index (χ4n) is 3.35. The first-order valence-corrected chi connectivity index (χ1v) is 7.95. The van der Waals surface area contributed by atoms with E-state index in [1.54, 1.807) is 18.2 Å². The number of nitrogens with zero attached hydrogens (tertiary/aromatic N) is 3. The molecule has 5 N–H and O–H groups in total. The van der Waals surface area contributed by atoms with Crippen LogP contribution >= 0.6 is 0 Å². The van der Waals surface area contributed by atoms with Crippen molar-refractivity contribution in [3.8, 4) is 5.75 Å². The van der Waals surface area contributed by atoms with E-state index in [2.05, 4.69) is 9.98 Å². The third kappa shape index (κ3) is 3.12. The van der Waals surface area contributed by atoms with Crippen molar-refractivity contribution in [3.05, 3.63) is 24.3 Å². The lowest BCUT2D eigenvalue weighted by molar-refractivity contribution is -0.139. The molecule has 1 heterocycles. The molecule has 0 aromatic heterocycles. The second-order valence-electron chi connectivity index (χ2n) is 6.00.